The molecular formula is C10H9NO. The van der Waals surface area contributed by atoms with Crippen molar-refractivity contribution >= 4 is 6.21 Å². The molecule has 0 aliphatic carbocycles. The van der Waals surface area contributed by atoms with Crippen LogP contribution in [0.25, 0.3) is 0 Å². The first kappa shape index (κ1) is 7.10. The van der Waals surface area contributed by atoms with Gasteiger partial charge in [-0.15, -0.1) is 0 Å². The van der Waals surface area contributed by atoms with E-state index in [1.165, 1.54) is 0 Å². The Hall–Kier alpha value is -1.57. The molecule has 1 heterocycles. The molecule has 0 amide bonds. The third-order valence-electron chi connectivity index (χ3n) is 1.70. The highest BCUT2D eigenvalue weighted by molar-refractivity contribution is 5.71. The van der Waals surface area contributed by atoms with E-state index in [9.17, 15) is 0 Å². The van der Waals surface area contributed by atoms with E-state index in [2.05, 4.69) is 4.99 Å². The van der Waals surface area contributed by atoms with Gasteiger partial charge in [0.1, 0.15) is 5.75 Å². The monoisotopic (exact) mass is 159 g/mol. The normalized spacial score (nSPS) is 19.7. The number of benzene rings is 1. The Labute approximate surface area is 71.2 Å². The quantitative estimate of drug-likeness (QED) is 0.568. The number of ether oxygens (including phenoxy) is 1. The lowest BCUT2D eigenvalue weighted by atomic mass is 10.2. The Morgan fingerprint density at radius 1 is 1.25 bits per heavy atom. The Bertz CT molecular complexity index is 295. The zero-order valence-electron chi connectivity index (χ0n) is 6.60. The van der Waals surface area contributed by atoms with Crippen molar-refractivity contribution in [1.29, 1.82) is 0 Å². The molecule has 1 aromatic carbocycles. The summed E-state index contributed by atoms with van der Waals surface area (Å²) in [5, 5.41) is 0. The fourth-order valence-electron chi connectivity index (χ4n) is 1.11. The largest absolute Gasteiger partial charge is 0.465 e. The molecule has 12 heavy (non-hydrogen) atoms. The van der Waals surface area contributed by atoms with Crippen molar-refractivity contribution in [3.63, 3.8) is 0 Å². The minimum Gasteiger partial charge on any atom is -0.465 e. The van der Waals surface area contributed by atoms with Crippen molar-refractivity contribution in [3.05, 3.63) is 42.2 Å². The van der Waals surface area contributed by atoms with Crippen LogP contribution < -0.4 is 4.74 Å². The third kappa shape index (κ3) is 1.37. The molecule has 0 fully saturated rings. The number of aliphatic imine (C=N–C) groups is 1. The summed E-state index contributed by atoms with van der Waals surface area (Å²) in [5.41, 5.74) is 1.12. The van der Waals surface area contributed by atoms with E-state index in [1.807, 2.05) is 24.3 Å². The summed E-state index contributed by atoms with van der Waals surface area (Å²) >= 11 is 0. The molecule has 0 saturated heterocycles. The molecule has 1 aromatic rings. The van der Waals surface area contributed by atoms with Gasteiger partial charge in [0.25, 0.3) is 0 Å². The van der Waals surface area contributed by atoms with Crippen LogP contribution in [0.3, 0.4) is 0 Å². The maximum Gasteiger partial charge on any atom is 0.131 e. The molecule has 0 aromatic heterocycles. The molecule has 2 nitrogen and oxygen atoms in total. The smallest absolute Gasteiger partial charge is 0.131 e. The van der Waals surface area contributed by atoms with Crippen LogP contribution in [0.4, 0.5) is 0 Å². The van der Waals surface area contributed by atoms with Crippen molar-refractivity contribution in [1.82, 2.24) is 0 Å². The fourth-order valence-corrected chi connectivity index (χ4v) is 1.11. The standard InChI is InChI=1S/C10H9NO/c1-2-5-10-9(4-1)8-11-6-3-7-12-10/h1-7H,8H2/b7-3-,11-6-. The van der Waals surface area contributed by atoms with Gasteiger partial charge in [-0.1, -0.05) is 18.2 Å². The summed E-state index contributed by atoms with van der Waals surface area (Å²) in [7, 11) is 0. The Balaban J connectivity index is 2.40. The number of para-hydroxylation sites is 1. The Morgan fingerprint density at radius 2 is 2.17 bits per heavy atom. The summed E-state index contributed by atoms with van der Waals surface area (Å²) < 4.78 is 5.36. The minimum atomic E-state index is 0.695. The van der Waals surface area contributed by atoms with Gasteiger partial charge >= 0.3 is 0 Å². The van der Waals surface area contributed by atoms with Gasteiger partial charge in [0.15, 0.2) is 0 Å². The third-order valence-corrected chi connectivity index (χ3v) is 1.70. The zero-order valence-corrected chi connectivity index (χ0v) is 6.60. The van der Waals surface area contributed by atoms with Crippen LogP contribution in [0.1, 0.15) is 5.56 Å². The van der Waals surface area contributed by atoms with Gasteiger partial charge in [0.2, 0.25) is 0 Å². The lowest BCUT2D eigenvalue weighted by Gasteiger charge is -2.06. The van der Waals surface area contributed by atoms with Gasteiger partial charge in [0, 0.05) is 11.8 Å². The van der Waals surface area contributed by atoms with E-state index < -0.39 is 0 Å². The van der Waals surface area contributed by atoms with E-state index in [4.69, 9.17) is 4.74 Å². The molecule has 60 valence electrons. The summed E-state index contributed by atoms with van der Waals surface area (Å²) in [6.45, 7) is 0.695. The van der Waals surface area contributed by atoms with Crippen LogP contribution in [0.15, 0.2) is 41.6 Å². The number of fused-ring (bicyclic) bond motifs is 1. The molecule has 1 aliphatic heterocycles. The van der Waals surface area contributed by atoms with Crippen molar-refractivity contribution < 1.29 is 4.74 Å². The van der Waals surface area contributed by atoms with Crippen LogP contribution >= 0.6 is 0 Å². The SMILES string of the molecule is C1=C\Oc2ccccc2C\N=C/1. The number of hydrogen-bond acceptors (Lipinski definition) is 2. The summed E-state index contributed by atoms with van der Waals surface area (Å²) in [4.78, 5) is 4.18. The molecule has 0 radical (unpaired) electrons. The van der Waals surface area contributed by atoms with Gasteiger partial charge in [-0.3, -0.25) is 4.99 Å². The first-order valence-electron chi connectivity index (χ1n) is 3.86. The van der Waals surface area contributed by atoms with Crippen LogP contribution in [0, 0.1) is 0 Å². The Morgan fingerprint density at radius 3 is 3.17 bits per heavy atom. The van der Waals surface area contributed by atoms with Crippen molar-refractivity contribution in [2.75, 3.05) is 0 Å². The van der Waals surface area contributed by atoms with Crippen molar-refractivity contribution in [3.8, 4) is 5.75 Å². The van der Waals surface area contributed by atoms with Crippen molar-refractivity contribution in [2.24, 2.45) is 4.99 Å². The van der Waals surface area contributed by atoms with Gasteiger partial charge in [-0.25, -0.2) is 0 Å². The second-order valence-electron chi connectivity index (χ2n) is 2.54. The fraction of sp³-hybridized carbons (Fsp3) is 0.100. The predicted molar refractivity (Wildman–Crippen MR) is 48.4 cm³/mol. The van der Waals surface area contributed by atoms with E-state index in [0.29, 0.717) is 6.54 Å². The van der Waals surface area contributed by atoms with E-state index >= 15 is 0 Å². The van der Waals surface area contributed by atoms with Gasteiger partial charge in [-0.05, 0) is 12.1 Å². The molecule has 0 atom stereocenters. The van der Waals surface area contributed by atoms with Gasteiger partial charge < -0.3 is 4.74 Å². The lowest BCUT2D eigenvalue weighted by molar-refractivity contribution is 0.475. The molecule has 0 saturated carbocycles. The summed E-state index contributed by atoms with van der Waals surface area (Å²) in [6, 6.07) is 7.91. The second-order valence-corrected chi connectivity index (χ2v) is 2.54. The average molecular weight is 159 g/mol. The zero-order chi connectivity index (χ0) is 8.23. The molecule has 1 aliphatic rings. The maximum atomic E-state index is 5.36. The average Bonchev–Trinajstić information content (AvgIpc) is 2.06. The predicted octanol–water partition coefficient (Wildman–Crippen LogP) is 2.16. The number of hydrogen-bond donors (Lipinski definition) is 0. The molecule has 0 N–H and O–H groups in total. The van der Waals surface area contributed by atoms with Gasteiger partial charge in [0.05, 0.1) is 12.8 Å². The number of allylic oxidation sites excluding steroid dienone is 1. The van der Waals surface area contributed by atoms with Crippen molar-refractivity contribution in [2.45, 2.75) is 6.54 Å². The van der Waals surface area contributed by atoms with Crippen LogP contribution in [0.5, 0.6) is 5.75 Å². The topological polar surface area (TPSA) is 21.6 Å². The highest BCUT2D eigenvalue weighted by atomic mass is 16.5. The van der Waals surface area contributed by atoms with E-state index in [0.717, 1.165) is 11.3 Å². The Kier molecular flexibility index (Phi) is 1.90. The lowest BCUT2D eigenvalue weighted by Crippen LogP contribution is -1.92. The molecule has 2 rings (SSSR count). The van der Waals surface area contributed by atoms with Crippen LogP contribution in [0.2, 0.25) is 0 Å². The minimum absolute atomic E-state index is 0.695. The van der Waals surface area contributed by atoms with E-state index in [1.54, 1.807) is 18.6 Å². The second kappa shape index (κ2) is 3.22. The van der Waals surface area contributed by atoms with Crippen LogP contribution in [-0.4, -0.2) is 6.21 Å². The first-order valence-corrected chi connectivity index (χ1v) is 3.86. The molecular weight excluding hydrogens is 150 g/mol. The molecule has 2 heteroatoms. The molecule has 0 bridgehead atoms. The summed E-state index contributed by atoms with van der Waals surface area (Å²) in [6.07, 6.45) is 5.17. The molecule has 0 unspecified atom stereocenters. The highest BCUT2D eigenvalue weighted by Crippen LogP contribution is 2.19. The highest BCUT2D eigenvalue weighted by Gasteiger charge is 2.00. The first-order chi connectivity index (χ1) is 5.97. The molecule has 0 spiro atoms. The number of nitrogens with zero attached hydrogens (tertiary/aromatic N) is 1. The van der Waals surface area contributed by atoms with Gasteiger partial charge in [-0.2, -0.15) is 0 Å². The van der Waals surface area contributed by atoms with Crippen LogP contribution in [-0.2, 0) is 6.54 Å². The summed E-state index contributed by atoms with van der Waals surface area (Å²) in [5.74, 6) is 0.894. The van der Waals surface area contributed by atoms with E-state index in [-0.39, 0.29) is 0 Å². The maximum absolute atomic E-state index is 5.36. The number of rotatable bonds is 0.